The number of aryl methyl sites for hydroxylation is 2. The fourth-order valence-electron chi connectivity index (χ4n) is 3.29. The largest absolute Gasteiger partial charge is 0.359 e. The zero-order chi connectivity index (χ0) is 20.0. The second-order valence-corrected chi connectivity index (χ2v) is 9.11. The third-order valence-electron chi connectivity index (χ3n) is 4.90. The van der Waals surface area contributed by atoms with Gasteiger partial charge in [0, 0.05) is 25.6 Å². The van der Waals surface area contributed by atoms with Gasteiger partial charge in [-0.2, -0.15) is 4.31 Å². The molecule has 1 fully saturated rings. The van der Waals surface area contributed by atoms with E-state index in [9.17, 15) is 13.2 Å². The highest BCUT2D eigenvalue weighted by molar-refractivity contribution is 7.89. The molecule has 2 aromatic rings. The van der Waals surface area contributed by atoms with Crippen LogP contribution < -0.4 is 5.32 Å². The van der Waals surface area contributed by atoms with Gasteiger partial charge in [0.1, 0.15) is 0 Å². The molecule has 0 aliphatic carbocycles. The maximum absolute atomic E-state index is 12.8. The summed E-state index contributed by atoms with van der Waals surface area (Å²) < 4.78 is 32.2. The summed E-state index contributed by atoms with van der Waals surface area (Å²) in [6.07, 6.45) is 4.88. The van der Waals surface area contributed by atoms with Gasteiger partial charge in [-0.1, -0.05) is 30.1 Å². The lowest BCUT2D eigenvalue weighted by Gasteiger charge is -2.20. The number of nitrogens with one attached hydrogen (secondary N) is 1. The maximum atomic E-state index is 12.8. The molecule has 1 aliphatic heterocycles. The van der Waals surface area contributed by atoms with Crippen molar-refractivity contribution >= 4 is 15.9 Å². The predicted molar refractivity (Wildman–Crippen MR) is 105 cm³/mol. The van der Waals surface area contributed by atoms with E-state index < -0.39 is 10.0 Å². The third kappa shape index (κ3) is 5.42. The second kappa shape index (κ2) is 9.34. The quantitative estimate of drug-likeness (QED) is 0.765. The Kier molecular flexibility index (Phi) is 6.85. The van der Waals surface area contributed by atoms with Gasteiger partial charge in [-0.25, -0.2) is 8.42 Å². The van der Waals surface area contributed by atoms with Crippen molar-refractivity contribution < 1.29 is 17.7 Å². The van der Waals surface area contributed by atoms with Crippen molar-refractivity contribution in [2.45, 2.75) is 56.9 Å². The Labute approximate surface area is 166 Å². The number of sulfonamides is 1. The Morgan fingerprint density at radius 1 is 1.14 bits per heavy atom. The van der Waals surface area contributed by atoms with Crippen LogP contribution >= 0.6 is 0 Å². The van der Waals surface area contributed by atoms with Crippen LogP contribution in [-0.2, 0) is 27.8 Å². The highest BCUT2D eigenvalue weighted by atomic mass is 32.2. The molecule has 0 radical (unpaired) electrons. The molecule has 2 heterocycles. The van der Waals surface area contributed by atoms with Gasteiger partial charge in [-0.3, -0.25) is 4.79 Å². The standard InChI is InChI=1S/C20H27N3O4S/c1-16-14-18(27-22-16)15-21-20(24)11-8-17-6-9-19(10-7-17)28(25,26)23-12-4-2-3-5-13-23/h6-7,9-10,14H,2-5,8,11-13,15H2,1H3,(H,21,24). The number of rotatable bonds is 7. The van der Waals surface area contributed by atoms with Gasteiger partial charge in [0.15, 0.2) is 5.76 Å². The third-order valence-corrected chi connectivity index (χ3v) is 6.82. The summed E-state index contributed by atoms with van der Waals surface area (Å²) in [6.45, 7) is 3.32. The Balaban J connectivity index is 1.51. The SMILES string of the molecule is Cc1cc(CNC(=O)CCc2ccc(S(=O)(=O)N3CCCCCC3)cc2)on1. The molecule has 0 spiro atoms. The number of aromatic nitrogens is 1. The first kappa shape index (κ1) is 20.5. The van der Waals surface area contributed by atoms with Crippen LogP contribution in [0.15, 0.2) is 39.8 Å². The van der Waals surface area contributed by atoms with Gasteiger partial charge in [-0.15, -0.1) is 0 Å². The Bertz CT molecular complexity index is 882. The molecule has 0 atom stereocenters. The average Bonchev–Trinajstić information content (AvgIpc) is 2.93. The van der Waals surface area contributed by atoms with Crippen LogP contribution in [0, 0.1) is 6.92 Å². The molecule has 1 amide bonds. The van der Waals surface area contributed by atoms with Crippen LogP contribution in [0.4, 0.5) is 0 Å². The number of nitrogens with zero attached hydrogens (tertiary/aromatic N) is 2. The molecule has 0 unspecified atom stereocenters. The number of carbonyl (C=O) groups excluding carboxylic acids is 1. The van der Waals surface area contributed by atoms with Crippen molar-refractivity contribution in [3.63, 3.8) is 0 Å². The lowest BCUT2D eigenvalue weighted by molar-refractivity contribution is -0.121. The zero-order valence-corrected chi connectivity index (χ0v) is 17.0. The summed E-state index contributed by atoms with van der Waals surface area (Å²) in [4.78, 5) is 12.3. The minimum absolute atomic E-state index is 0.0877. The number of benzene rings is 1. The number of carbonyl (C=O) groups is 1. The van der Waals surface area contributed by atoms with Gasteiger partial charge in [0.05, 0.1) is 17.1 Å². The Morgan fingerprint density at radius 3 is 2.43 bits per heavy atom. The summed E-state index contributed by atoms with van der Waals surface area (Å²) in [6, 6.07) is 8.65. The van der Waals surface area contributed by atoms with Crippen LogP contribution in [-0.4, -0.2) is 36.9 Å². The molecule has 8 heteroatoms. The summed E-state index contributed by atoms with van der Waals surface area (Å²) in [5.41, 5.74) is 1.71. The van der Waals surface area contributed by atoms with E-state index in [1.807, 2.05) is 6.92 Å². The molecule has 0 bridgehead atoms. The molecule has 0 saturated carbocycles. The number of amides is 1. The van der Waals surface area contributed by atoms with Crippen LogP contribution in [0.2, 0.25) is 0 Å². The van der Waals surface area contributed by atoms with E-state index in [1.54, 1.807) is 34.6 Å². The van der Waals surface area contributed by atoms with Gasteiger partial charge >= 0.3 is 0 Å². The highest BCUT2D eigenvalue weighted by Crippen LogP contribution is 2.21. The van der Waals surface area contributed by atoms with E-state index in [4.69, 9.17) is 4.52 Å². The lowest BCUT2D eigenvalue weighted by Crippen LogP contribution is -2.31. The summed E-state index contributed by atoms with van der Waals surface area (Å²) >= 11 is 0. The number of hydrogen-bond donors (Lipinski definition) is 1. The zero-order valence-electron chi connectivity index (χ0n) is 16.2. The molecule has 152 valence electrons. The molecule has 1 aromatic heterocycles. The van der Waals surface area contributed by atoms with E-state index in [2.05, 4.69) is 10.5 Å². The summed E-state index contributed by atoms with van der Waals surface area (Å²) in [5, 5.41) is 6.57. The molecule has 28 heavy (non-hydrogen) atoms. The first-order valence-electron chi connectivity index (χ1n) is 9.73. The van der Waals surface area contributed by atoms with Crippen molar-refractivity contribution in [3.05, 3.63) is 47.3 Å². The van der Waals surface area contributed by atoms with Crippen LogP contribution in [0.3, 0.4) is 0 Å². The normalized spacial score (nSPS) is 15.9. The second-order valence-electron chi connectivity index (χ2n) is 7.17. The lowest BCUT2D eigenvalue weighted by atomic mass is 10.1. The first-order chi connectivity index (χ1) is 13.4. The van der Waals surface area contributed by atoms with Gasteiger partial charge in [0.2, 0.25) is 15.9 Å². The Morgan fingerprint density at radius 2 is 1.82 bits per heavy atom. The fourth-order valence-corrected chi connectivity index (χ4v) is 4.81. The van der Waals surface area contributed by atoms with E-state index in [-0.39, 0.29) is 5.91 Å². The van der Waals surface area contributed by atoms with Crippen LogP contribution in [0.25, 0.3) is 0 Å². The van der Waals surface area contributed by atoms with E-state index in [0.29, 0.717) is 43.1 Å². The van der Waals surface area contributed by atoms with Crippen molar-refractivity contribution in [2.75, 3.05) is 13.1 Å². The highest BCUT2D eigenvalue weighted by Gasteiger charge is 2.24. The topological polar surface area (TPSA) is 92.5 Å². The van der Waals surface area contributed by atoms with Gasteiger partial charge < -0.3 is 9.84 Å². The monoisotopic (exact) mass is 405 g/mol. The van der Waals surface area contributed by atoms with Gasteiger partial charge in [-0.05, 0) is 43.9 Å². The summed E-state index contributed by atoms with van der Waals surface area (Å²) in [7, 11) is -3.43. The van der Waals surface area contributed by atoms with Crippen molar-refractivity contribution in [1.29, 1.82) is 0 Å². The molecular weight excluding hydrogens is 378 g/mol. The van der Waals surface area contributed by atoms with Gasteiger partial charge in [0.25, 0.3) is 0 Å². The van der Waals surface area contributed by atoms with E-state index >= 15 is 0 Å². The molecular formula is C20H27N3O4S. The molecule has 1 aliphatic rings. The van der Waals surface area contributed by atoms with Crippen molar-refractivity contribution in [3.8, 4) is 0 Å². The summed E-state index contributed by atoms with van der Waals surface area (Å²) in [5.74, 6) is 0.532. The minimum Gasteiger partial charge on any atom is -0.359 e. The first-order valence-corrected chi connectivity index (χ1v) is 11.2. The maximum Gasteiger partial charge on any atom is 0.243 e. The fraction of sp³-hybridized carbons (Fsp3) is 0.500. The number of hydrogen-bond acceptors (Lipinski definition) is 5. The van der Waals surface area contributed by atoms with E-state index in [1.165, 1.54) is 0 Å². The average molecular weight is 406 g/mol. The predicted octanol–water partition coefficient (Wildman–Crippen LogP) is 2.80. The van der Waals surface area contributed by atoms with Crippen LogP contribution in [0.5, 0.6) is 0 Å². The molecule has 1 N–H and O–H groups in total. The van der Waals surface area contributed by atoms with E-state index in [0.717, 1.165) is 36.9 Å². The Hall–Kier alpha value is -2.19. The van der Waals surface area contributed by atoms with Crippen molar-refractivity contribution in [1.82, 2.24) is 14.8 Å². The smallest absolute Gasteiger partial charge is 0.243 e. The van der Waals surface area contributed by atoms with Crippen molar-refractivity contribution in [2.24, 2.45) is 0 Å². The molecule has 7 nitrogen and oxygen atoms in total. The molecule has 3 rings (SSSR count). The molecule has 1 aromatic carbocycles. The minimum atomic E-state index is -3.43. The molecule has 1 saturated heterocycles. The van der Waals surface area contributed by atoms with Crippen LogP contribution in [0.1, 0.15) is 49.1 Å².